The van der Waals surface area contributed by atoms with Crippen molar-refractivity contribution in [3.8, 4) is 0 Å². The first-order valence-electron chi connectivity index (χ1n) is 9.58. The highest BCUT2D eigenvalue weighted by Gasteiger charge is 2.27. The molecule has 3 heteroatoms. The van der Waals surface area contributed by atoms with Crippen LogP contribution >= 0.6 is 0 Å². The number of rotatable bonds is 6. The molecule has 0 saturated heterocycles. The third-order valence-corrected chi connectivity index (χ3v) is 5.51. The van der Waals surface area contributed by atoms with Gasteiger partial charge in [-0.3, -0.25) is 0 Å². The first kappa shape index (κ1) is 17.6. The molecule has 0 radical (unpaired) electrons. The molecule has 3 nitrogen and oxygen atoms in total. The summed E-state index contributed by atoms with van der Waals surface area (Å²) < 4.78 is 11.1. The summed E-state index contributed by atoms with van der Waals surface area (Å²) >= 11 is 0. The van der Waals surface area contributed by atoms with Gasteiger partial charge in [-0.25, -0.2) is 4.79 Å². The van der Waals surface area contributed by atoms with Gasteiger partial charge in [0.1, 0.15) is 12.2 Å². The Labute approximate surface area is 136 Å². The second-order valence-corrected chi connectivity index (χ2v) is 7.35. The molecule has 0 N–H and O–H groups in total. The van der Waals surface area contributed by atoms with Gasteiger partial charge in [-0.05, 0) is 63.2 Å². The van der Waals surface area contributed by atoms with Crippen LogP contribution in [0.1, 0.15) is 90.9 Å². The molecule has 2 fully saturated rings. The Morgan fingerprint density at radius 1 is 0.727 bits per heavy atom. The van der Waals surface area contributed by atoms with E-state index in [4.69, 9.17) is 9.47 Å². The van der Waals surface area contributed by atoms with Crippen LogP contribution in [0.15, 0.2) is 0 Å². The summed E-state index contributed by atoms with van der Waals surface area (Å²) in [5.74, 6) is 1.68. The van der Waals surface area contributed by atoms with Crippen molar-refractivity contribution in [1.29, 1.82) is 0 Å². The average Bonchev–Trinajstić information content (AvgIpc) is 2.52. The van der Waals surface area contributed by atoms with Crippen molar-refractivity contribution < 1.29 is 14.3 Å². The lowest BCUT2D eigenvalue weighted by Crippen LogP contribution is -2.29. The lowest BCUT2D eigenvalue weighted by molar-refractivity contribution is -0.0263. The van der Waals surface area contributed by atoms with Crippen LogP contribution in [0.5, 0.6) is 0 Å². The van der Waals surface area contributed by atoms with E-state index in [0.717, 1.165) is 37.5 Å². The van der Waals surface area contributed by atoms with Gasteiger partial charge in [0.05, 0.1) is 0 Å². The van der Waals surface area contributed by atoms with Gasteiger partial charge >= 0.3 is 6.16 Å². The number of carbonyl (C=O) groups excluding carboxylic acids is 1. The molecule has 0 heterocycles. The van der Waals surface area contributed by atoms with Crippen molar-refractivity contribution in [1.82, 2.24) is 0 Å². The second kappa shape index (κ2) is 9.42. The van der Waals surface area contributed by atoms with Gasteiger partial charge in [-0.2, -0.15) is 0 Å². The highest BCUT2D eigenvalue weighted by atomic mass is 16.7. The Bertz CT molecular complexity index is 283. The highest BCUT2D eigenvalue weighted by molar-refractivity contribution is 5.60. The Balaban J connectivity index is 1.60. The molecule has 0 unspecified atom stereocenters. The number of carbonyl (C=O) groups is 1. The van der Waals surface area contributed by atoms with Crippen LogP contribution in [0, 0.1) is 11.8 Å². The summed E-state index contributed by atoms with van der Waals surface area (Å²) in [6.45, 7) is 4.49. The van der Waals surface area contributed by atoms with E-state index in [-0.39, 0.29) is 12.2 Å². The van der Waals surface area contributed by atoms with Gasteiger partial charge in [0.25, 0.3) is 0 Å². The predicted octanol–water partition coefficient (Wildman–Crippen LogP) is 5.86. The predicted molar refractivity (Wildman–Crippen MR) is 88.9 cm³/mol. The van der Waals surface area contributed by atoms with Gasteiger partial charge in [0, 0.05) is 0 Å². The van der Waals surface area contributed by atoms with E-state index in [9.17, 15) is 4.79 Å². The molecule has 2 aliphatic rings. The van der Waals surface area contributed by atoms with Crippen LogP contribution in [-0.2, 0) is 9.47 Å². The van der Waals surface area contributed by atoms with Crippen molar-refractivity contribution in [2.75, 3.05) is 0 Å². The van der Waals surface area contributed by atoms with Crippen molar-refractivity contribution in [2.24, 2.45) is 11.8 Å². The Hall–Kier alpha value is -0.730. The molecule has 128 valence electrons. The van der Waals surface area contributed by atoms with Crippen molar-refractivity contribution >= 4 is 6.16 Å². The van der Waals surface area contributed by atoms with E-state index in [1.54, 1.807) is 0 Å². The van der Waals surface area contributed by atoms with Crippen LogP contribution in [0.4, 0.5) is 4.79 Å². The van der Waals surface area contributed by atoms with Gasteiger partial charge < -0.3 is 9.47 Å². The molecule has 0 aromatic heterocycles. The van der Waals surface area contributed by atoms with E-state index in [1.807, 2.05) is 0 Å². The standard InChI is InChI=1S/C19H34O3/c1-3-5-15-7-11-17(12-8-15)21-19(20)22-18-13-9-16(6-4-2)10-14-18/h15-18H,3-14H2,1-2H3/t15-,16-,17-,18-. The third kappa shape index (κ3) is 5.81. The number of hydrogen-bond acceptors (Lipinski definition) is 3. The molecule has 22 heavy (non-hydrogen) atoms. The zero-order valence-electron chi connectivity index (χ0n) is 14.5. The zero-order chi connectivity index (χ0) is 15.8. The fourth-order valence-corrected chi connectivity index (χ4v) is 4.19. The zero-order valence-corrected chi connectivity index (χ0v) is 14.5. The summed E-state index contributed by atoms with van der Waals surface area (Å²) in [5, 5.41) is 0. The van der Waals surface area contributed by atoms with Gasteiger partial charge in [-0.15, -0.1) is 0 Å². The fraction of sp³-hybridized carbons (Fsp3) is 0.947. The maximum atomic E-state index is 11.9. The van der Waals surface area contributed by atoms with E-state index in [2.05, 4.69) is 13.8 Å². The van der Waals surface area contributed by atoms with Gasteiger partial charge in [0.2, 0.25) is 0 Å². The molecule has 0 aromatic carbocycles. The molecule has 2 rings (SSSR count). The number of ether oxygens (including phenoxy) is 2. The largest absolute Gasteiger partial charge is 0.508 e. The SMILES string of the molecule is CCC[C@H]1CC[C@H](OC(=O)O[C@H]2CC[C@H](CCC)CC2)CC1. The Kier molecular flexibility index (Phi) is 7.54. The van der Waals surface area contributed by atoms with Crippen molar-refractivity contribution in [3.05, 3.63) is 0 Å². The lowest BCUT2D eigenvalue weighted by Gasteiger charge is -2.30. The van der Waals surface area contributed by atoms with Crippen LogP contribution in [-0.4, -0.2) is 18.4 Å². The highest BCUT2D eigenvalue weighted by Crippen LogP contribution is 2.31. The summed E-state index contributed by atoms with van der Waals surface area (Å²) in [5.41, 5.74) is 0. The summed E-state index contributed by atoms with van der Waals surface area (Å²) in [4.78, 5) is 11.9. The lowest BCUT2D eigenvalue weighted by atomic mass is 9.84. The number of hydrogen-bond donors (Lipinski definition) is 0. The topological polar surface area (TPSA) is 35.5 Å². The molecule has 0 spiro atoms. The molecule has 0 atom stereocenters. The summed E-state index contributed by atoms with van der Waals surface area (Å²) in [7, 11) is 0. The molecule has 2 saturated carbocycles. The van der Waals surface area contributed by atoms with Crippen LogP contribution in [0.3, 0.4) is 0 Å². The van der Waals surface area contributed by atoms with Crippen molar-refractivity contribution in [3.63, 3.8) is 0 Å². The summed E-state index contributed by atoms with van der Waals surface area (Å²) in [6.07, 6.45) is 13.8. The van der Waals surface area contributed by atoms with Gasteiger partial charge in [0.15, 0.2) is 0 Å². The van der Waals surface area contributed by atoms with Crippen molar-refractivity contribution in [2.45, 2.75) is 103 Å². The van der Waals surface area contributed by atoms with E-state index < -0.39 is 6.16 Å². The minimum Gasteiger partial charge on any atom is -0.431 e. The fourth-order valence-electron chi connectivity index (χ4n) is 4.19. The maximum absolute atomic E-state index is 11.9. The molecular formula is C19H34O3. The molecule has 0 aliphatic heterocycles. The molecule has 0 bridgehead atoms. The molecule has 2 aliphatic carbocycles. The first-order chi connectivity index (χ1) is 10.7. The molecular weight excluding hydrogens is 276 g/mol. The smallest absolute Gasteiger partial charge is 0.431 e. The molecule has 0 amide bonds. The average molecular weight is 310 g/mol. The van der Waals surface area contributed by atoms with E-state index >= 15 is 0 Å². The van der Waals surface area contributed by atoms with E-state index in [0.29, 0.717) is 0 Å². The summed E-state index contributed by atoms with van der Waals surface area (Å²) in [6, 6.07) is 0. The first-order valence-corrected chi connectivity index (χ1v) is 9.58. The normalized spacial score (nSPS) is 32.5. The quantitative estimate of drug-likeness (QED) is 0.577. The monoisotopic (exact) mass is 310 g/mol. The third-order valence-electron chi connectivity index (χ3n) is 5.51. The molecule has 0 aromatic rings. The van der Waals surface area contributed by atoms with Crippen LogP contribution in [0.25, 0.3) is 0 Å². The minimum absolute atomic E-state index is 0.0945. The van der Waals surface area contributed by atoms with Crippen LogP contribution < -0.4 is 0 Å². The Morgan fingerprint density at radius 3 is 1.41 bits per heavy atom. The van der Waals surface area contributed by atoms with Gasteiger partial charge in [-0.1, -0.05) is 39.5 Å². The van der Waals surface area contributed by atoms with E-state index in [1.165, 1.54) is 51.4 Å². The Morgan fingerprint density at radius 2 is 1.09 bits per heavy atom. The second-order valence-electron chi connectivity index (χ2n) is 7.35. The minimum atomic E-state index is -0.419. The maximum Gasteiger partial charge on any atom is 0.508 e. The van der Waals surface area contributed by atoms with Crippen LogP contribution in [0.2, 0.25) is 0 Å².